The lowest BCUT2D eigenvalue weighted by Crippen LogP contribution is -2.35. The van der Waals surface area contributed by atoms with E-state index < -0.39 is 0 Å². The van der Waals surface area contributed by atoms with E-state index in [-0.39, 0.29) is 17.4 Å². The van der Waals surface area contributed by atoms with E-state index in [0.717, 1.165) is 44.3 Å². The molecule has 126 valence electrons. The Morgan fingerprint density at radius 2 is 2.13 bits per heavy atom. The van der Waals surface area contributed by atoms with Gasteiger partial charge in [0.05, 0.1) is 18.1 Å². The zero-order chi connectivity index (χ0) is 16.1. The Hall–Kier alpha value is -1.10. The quantitative estimate of drug-likeness (QED) is 0.742. The molecule has 2 aliphatic rings. The highest BCUT2D eigenvalue weighted by atomic mass is 35.5. The number of carbonyl (C=O) groups is 1. The number of hydrogen-bond donors (Lipinski definition) is 1. The van der Waals surface area contributed by atoms with Crippen molar-refractivity contribution in [3.63, 3.8) is 0 Å². The van der Waals surface area contributed by atoms with Gasteiger partial charge in [0, 0.05) is 24.8 Å². The number of ether oxygens (including phenoxy) is 2. The highest BCUT2D eigenvalue weighted by Crippen LogP contribution is 2.48. The molecule has 3 rings (SSSR count). The molecule has 1 N–H and O–H groups in total. The Balaban J connectivity index is 1.35. The molecule has 1 unspecified atom stereocenters. The number of carbonyl (C=O) groups excluding carboxylic acids is 1. The van der Waals surface area contributed by atoms with E-state index in [1.807, 2.05) is 24.3 Å². The first kappa shape index (κ1) is 16.7. The second-order valence-electron chi connectivity index (χ2n) is 6.41. The smallest absolute Gasteiger partial charge is 0.230 e. The molecule has 1 aliphatic heterocycles. The number of amides is 1. The van der Waals surface area contributed by atoms with Gasteiger partial charge in [-0.05, 0) is 49.8 Å². The third-order valence-corrected chi connectivity index (χ3v) is 4.91. The molecule has 1 aliphatic carbocycles. The van der Waals surface area contributed by atoms with Gasteiger partial charge in [-0.1, -0.05) is 23.7 Å². The summed E-state index contributed by atoms with van der Waals surface area (Å²) in [5, 5.41) is 3.75. The molecular formula is C18H24ClNO3. The van der Waals surface area contributed by atoms with Crippen LogP contribution < -0.4 is 5.32 Å². The van der Waals surface area contributed by atoms with Gasteiger partial charge in [-0.2, -0.15) is 0 Å². The fraction of sp³-hybridized carbons (Fsp3) is 0.611. The largest absolute Gasteiger partial charge is 0.379 e. The van der Waals surface area contributed by atoms with Crippen molar-refractivity contribution < 1.29 is 14.3 Å². The lowest BCUT2D eigenvalue weighted by molar-refractivity contribution is -0.123. The van der Waals surface area contributed by atoms with Crippen LogP contribution in [0.4, 0.5) is 0 Å². The van der Waals surface area contributed by atoms with Crippen LogP contribution in [0.25, 0.3) is 0 Å². The molecule has 0 aromatic heterocycles. The first-order chi connectivity index (χ1) is 11.2. The summed E-state index contributed by atoms with van der Waals surface area (Å²) in [7, 11) is 0. The zero-order valence-corrected chi connectivity index (χ0v) is 14.1. The molecule has 5 heteroatoms. The van der Waals surface area contributed by atoms with E-state index in [9.17, 15) is 4.79 Å². The number of benzene rings is 1. The summed E-state index contributed by atoms with van der Waals surface area (Å²) < 4.78 is 11.1. The van der Waals surface area contributed by atoms with E-state index in [0.29, 0.717) is 24.8 Å². The maximum atomic E-state index is 12.4. The molecule has 1 saturated carbocycles. The summed E-state index contributed by atoms with van der Waals surface area (Å²) in [5.74, 6) is 0.124. The van der Waals surface area contributed by atoms with Crippen LogP contribution in [0.2, 0.25) is 5.02 Å². The number of halogens is 1. The van der Waals surface area contributed by atoms with Crippen molar-refractivity contribution in [3.05, 3.63) is 34.9 Å². The Bertz CT molecular complexity index is 522. The zero-order valence-electron chi connectivity index (χ0n) is 13.4. The Labute approximate surface area is 142 Å². The monoisotopic (exact) mass is 337 g/mol. The predicted molar refractivity (Wildman–Crippen MR) is 89.8 cm³/mol. The summed E-state index contributed by atoms with van der Waals surface area (Å²) in [5.41, 5.74) is 0.734. The van der Waals surface area contributed by atoms with Crippen molar-refractivity contribution >= 4 is 17.5 Å². The molecule has 0 radical (unpaired) electrons. The van der Waals surface area contributed by atoms with E-state index in [2.05, 4.69) is 5.32 Å². The fourth-order valence-electron chi connectivity index (χ4n) is 3.08. The highest BCUT2D eigenvalue weighted by Gasteiger charge is 2.50. The van der Waals surface area contributed by atoms with Crippen molar-refractivity contribution in [1.29, 1.82) is 0 Å². The average molecular weight is 338 g/mol. The van der Waals surface area contributed by atoms with Gasteiger partial charge in [0.15, 0.2) is 0 Å². The summed E-state index contributed by atoms with van der Waals surface area (Å²) in [6.07, 6.45) is 5.16. The molecule has 23 heavy (non-hydrogen) atoms. The average Bonchev–Trinajstić information content (AvgIpc) is 3.21. The maximum absolute atomic E-state index is 12.4. The normalized spacial score (nSPS) is 22.0. The maximum Gasteiger partial charge on any atom is 0.230 e. The first-order valence-corrected chi connectivity index (χ1v) is 8.82. The van der Waals surface area contributed by atoms with Gasteiger partial charge in [0.25, 0.3) is 0 Å². The molecule has 1 aromatic rings. The number of rotatable bonds is 8. The fourth-order valence-corrected chi connectivity index (χ4v) is 3.20. The van der Waals surface area contributed by atoms with Crippen LogP contribution in [0.3, 0.4) is 0 Å². The van der Waals surface area contributed by atoms with E-state index in [1.54, 1.807) is 0 Å². The second-order valence-corrected chi connectivity index (χ2v) is 6.84. The van der Waals surface area contributed by atoms with Gasteiger partial charge in [0.1, 0.15) is 0 Å². The van der Waals surface area contributed by atoms with Crippen LogP contribution in [0.15, 0.2) is 24.3 Å². The summed E-state index contributed by atoms with van der Waals surface area (Å²) >= 11 is 5.92. The van der Waals surface area contributed by atoms with E-state index in [4.69, 9.17) is 21.1 Å². The van der Waals surface area contributed by atoms with Gasteiger partial charge in [0.2, 0.25) is 5.91 Å². The predicted octanol–water partition coefficient (Wildman–Crippen LogP) is 3.07. The standard InChI is InChI=1S/C18H24ClNO3/c19-15-6-4-14(5-7-15)18(8-9-18)17(21)20-10-2-11-22-13-16-3-1-12-23-16/h4-7,16H,1-3,8-13H2,(H,20,21). The second kappa shape index (κ2) is 7.65. The van der Waals surface area contributed by atoms with Crippen LogP contribution in [0.1, 0.15) is 37.7 Å². The highest BCUT2D eigenvalue weighted by molar-refractivity contribution is 6.30. The van der Waals surface area contributed by atoms with Crippen molar-refractivity contribution in [2.75, 3.05) is 26.4 Å². The van der Waals surface area contributed by atoms with Crippen molar-refractivity contribution in [2.24, 2.45) is 0 Å². The van der Waals surface area contributed by atoms with E-state index in [1.165, 1.54) is 0 Å². The van der Waals surface area contributed by atoms with Crippen molar-refractivity contribution in [1.82, 2.24) is 5.32 Å². The third-order valence-electron chi connectivity index (χ3n) is 4.66. The van der Waals surface area contributed by atoms with Gasteiger partial charge in [-0.15, -0.1) is 0 Å². The summed E-state index contributed by atoms with van der Waals surface area (Å²) in [6.45, 7) is 2.84. The van der Waals surface area contributed by atoms with Crippen LogP contribution >= 0.6 is 11.6 Å². The molecular weight excluding hydrogens is 314 g/mol. The lowest BCUT2D eigenvalue weighted by atomic mass is 9.95. The molecule has 4 nitrogen and oxygen atoms in total. The molecule has 0 bridgehead atoms. The SMILES string of the molecule is O=C(NCCCOCC1CCCO1)C1(c2ccc(Cl)cc2)CC1. The topological polar surface area (TPSA) is 47.6 Å². The van der Waals surface area contributed by atoms with Gasteiger partial charge >= 0.3 is 0 Å². The molecule has 2 fully saturated rings. The Morgan fingerprint density at radius 3 is 2.78 bits per heavy atom. The number of hydrogen-bond acceptors (Lipinski definition) is 3. The van der Waals surface area contributed by atoms with Crippen molar-refractivity contribution in [2.45, 2.75) is 43.6 Å². The lowest BCUT2D eigenvalue weighted by Gasteiger charge is -2.16. The number of nitrogens with one attached hydrogen (secondary N) is 1. The summed E-state index contributed by atoms with van der Waals surface area (Å²) in [4.78, 5) is 12.4. The van der Waals surface area contributed by atoms with Crippen LogP contribution in [-0.2, 0) is 19.7 Å². The molecule has 0 spiro atoms. The van der Waals surface area contributed by atoms with E-state index >= 15 is 0 Å². The van der Waals surface area contributed by atoms with Gasteiger partial charge < -0.3 is 14.8 Å². The first-order valence-electron chi connectivity index (χ1n) is 8.44. The molecule has 1 atom stereocenters. The van der Waals surface area contributed by atoms with Crippen LogP contribution in [0, 0.1) is 0 Å². The van der Waals surface area contributed by atoms with Gasteiger partial charge in [-0.3, -0.25) is 4.79 Å². The molecule has 1 saturated heterocycles. The van der Waals surface area contributed by atoms with Crippen LogP contribution in [-0.4, -0.2) is 38.4 Å². The third kappa shape index (κ3) is 4.25. The summed E-state index contributed by atoms with van der Waals surface area (Å²) in [6, 6.07) is 7.62. The minimum atomic E-state index is -0.330. The minimum absolute atomic E-state index is 0.124. The Kier molecular flexibility index (Phi) is 5.57. The molecule has 1 heterocycles. The Morgan fingerprint density at radius 1 is 1.35 bits per heavy atom. The van der Waals surface area contributed by atoms with Crippen molar-refractivity contribution in [3.8, 4) is 0 Å². The molecule has 1 amide bonds. The molecule has 1 aromatic carbocycles. The minimum Gasteiger partial charge on any atom is -0.379 e. The van der Waals surface area contributed by atoms with Crippen LogP contribution in [0.5, 0.6) is 0 Å². The van der Waals surface area contributed by atoms with Gasteiger partial charge in [-0.25, -0.2) is 0 Å².